The van der Waals surface area contributed by atoms with Gasteiger partial charge in [-0.2, -0.15) is 5.10 Å². The van der Waals surface area contributed by atoms with Gasteiger partial charge in [0.05, 0.1) is 16.9 Å². The predicted molar refractivity (Wildman–Crippen MR) is 69.3 cm³/mol. The largest absolute Gasteiger partial charge is 0.366 e. The van der Waals surface area contributed by atoms with Crippen LogP contribution < -0.4 is 5.73 Å². The van der Waals surface area contributed by atoms with E-state index in [1.54, 1.807) is 6.07 Å². The summed E-state index contributed by atoms with van der Waals surface area (Å²) in [4.78, 5) is 11.1. The number of hydrogen-bond acceptors (Lipinski definition) is 2. The van der Waals surface area contributed by atoms with E-state index in [9.17, 15) is 4.79 Å². The van der Waals surface area contributed by atoms with Crippen molar-refractivity contribution in [1.29, 1.82) is 0 Å². The van der Waals surface area contributed by atoms with Gasteiger partial charge in [-0.15, -0.1) is 0 Å². The van der Waals surface area contributed by atoms with Gasteiger partial charge in [0.15, 0.2) is 0 Å². The summed E-state index contributed by atoms with van der Waals surface area (Å²) in [5.74, 6) is -0.447. The zero-order valence-electron chi connectivity index (χ0n) is 9.57. The van der Waals surface area contributed by atoms with Crippen LogP contribution in [0, 0.1) is 13.8 Å². The average molecular weight is 294 g/mol. The molecule has 2 rings (SSSR count). The van der Waals surface area contributed by atoms with Crippen LogP contribution in [0.4, 0.5) is 0 Å². The van der Waals surface area contributed by atoms with E-state index >= 15 is 0 Å². The van der Waals surface area contributed by atoms with Crippen LogP contribution in [0.15, 0.2) is 28.7 Å². The molecular weight excluding hydrogens is 282 g/mol. The highest BCUT2D eigenvalue weighted by Gasteiger charge is 2.09. The topological polar surface area (TPSA) is 60.9 Å². The number of aryl methyl sites for hydroxylation is 2. The minimum absolute atomic E-state index is 0.447. The lowest BCUT2D eigenvalue weighted by molar-refractivity contribution is 0.0999. The molecule has 0 saturated carbocycles. The van der Waals surface area contributed by atoms with E-state index in [1.165, 1.54) is 0 Å². The molecule has 0 radical (unpaired) electrons. The van der Waals surface area contributed by atoms with Gasteiger partial charge in [-0.1, -0.05) is 0 Å². The SMILES string of the molecule is Cc1cc(C)n(-c2ccc(C(N)=O)c(Br)c2)n1. The van der Waals surface area contributed by atoms with Gasteiger partial charge < -0.3 is 5.73 Å². The second kappa shape index (κ2) is 4.33. The molecule has 5 heteroatoms. The fraction of sp³-hybridized carbons (Fsp3) is 0.167. The molecule has 0 spiro atoms. The Hall–Kier alpha value is -1.62. The Balaban J connectivity index is 2.51. The number of hydrogen-bond donors (Lipinski definition) is 1. The van der Waals surface area contributed by atoms with E-state index in [-0.39, 0.29) is 0 Å². The number of aromatic nitrogens is 2. The molecule has 1 heterocycles. The Morgan fingerprint density at radius 2 is 2.06 bits per heavy atom. The summed E-state index contributed by atoms with van der Waals surface area (Å²) in [7, 11) is 0. The molecule has 4 nitrogen and oxygen atoms in total. The van der Waals surface area contributed by atoms with Crippen molar-refractivity contribution in [1.82, 2.24) is 9.78 Å². The Morgan fingerprint density at radius 1 is 1.35 bits per heavy atom. The Labute approximate surface area is 108 Å². The van der Waals surface area contributed by atoms with Crippen LogP contribution in [0.5, 0.6) is 0 Å². The maximum Gasteiger partial charge on any atom is 0.249 e. The van der Waals surface area contributed by atoms with Crippen LogP contribution in [-0.2, 0) is 0 Å². The molecule has 0 bridgehead atoms. The minimum Gasteiger partial charge on any atom is -0.366 e. The van der Waals surface area contributed by atoms with Gasteiger partial charge in [-0.3, -0.25) is 4.79 Å². The Morgan fingerprint density at radius 3 is 2.53 bits per heavy atom. The van der Waals surface area contributed by atoms with Crippen LogP contribution in [0.25, 0.3) is 5.69 Å². The van der Waals surface area contributed by atoms with Crippen molar-refractivity contribution in [2.75, 3.05) is 0 Å². The summed E-state index contributed by atoms with van der Waals surface area (Å²) in [6.07, 6.45) is 0. The molecule has 1 amide bonds. The first-order valence-corrected chi connectivity index (χ1v) is 5.91. The van der Waals surface area contributed by atoms with E-state index in [1.807, 2.05) is 36.7 Å². The third-order valence-electron chi connectivity index (χ3n) is 2.47. The van der Waals surface area contributed by atoms with Crippen LogP contribution in [0.2, 0.25) is 0 Å². The van der Waals surface area contributed by atoms with Crippen molar-refractivity contribution < 1.29 is 4.79 Å². The molecule has 0 atom stereocenters. The zero-order chi connectivity index (χ0) is 12.6. The van der Waals surface area contributed by atoms with Crippen LogP contribution in [0.1, 0.15) is 21.7 Å². The Kier molecular flexibility index (Phi) is 3.02. The molecule has 0 saturated heterocycles. The van der Waals surface area contributed by atoms with Crippen molar-refractivity contribution >= 4 is 21.8 Å². The Bertz CT molecular complexity index is 589. The van der Waals surface area contributed by atoms with Gasteiger partial charge in [0.2, 0.25) is 5.91 Å². The van der Waals surface area contributed by atoms with Gasteiger partial charge >= 0.3 is 0 Å². The van der Waals surface area contributed by atoms with Crippen molar-refractivity contribution in [3.63, 3.8) is 0 Å². The molecule has 0 unspecified atom stereocenters. The van der Waals surface area contributed by atoms with Crippen molar-refractivity contribution in [3.8, 4) is 5.69 Å². The number of carbonyl (C=O) groups excluding carboxylic acids is 1. The van der Waals surface area contributed by atoms with Crippen LogP contribution in [-0.4, -0.2) is 15.7 Å². The molecule has 17 heavy (non-hydrogen) atoms. The number of carbonyl (C=O) groups is 1. The molecule has 0 fully saturated rings. The van der Waals surface area contributed by atoms with Crippen LogP contribution in [0.3, 0.4) is 0 Å². The third-order valence-corrected chi connectivity index (χ3v) is 3.13. The quantitative estimate of drug-likeness (QED) is 0.924. The van der Waals surface area contributed by atoms with Gasteiger partial charge in [-0.05, 0) is 54.0 Å². The lowest BCUT2D eigenvalue weighted by Gasteiger charge is -2.06. The summed E-state index contributed by atoms with van der Waals surface area (Å²) in [6, 6.07) is 7.35. The maximum absolute atomic E-state index is 11.1. The van der Waals surface area contributed by atoms with E-state index in [0.717, 1.165) is 17.1 Å². The van der Waals surface area contributed by atoms with Crippen molar-refractivity contribution in [3.05, 3.63) is 45.7 Å². The summed E-state index contributed by atoms with van der Waals surface area (Å²) in [5, 5.41) is 4.38. The number of rotatable bonds is 2. The predicted octanol–water partition coefficient (Wildman–Crippen LogP) is 2.35. The minimum atomic E-state index is -0.447. The molecule has 88 valence electrons. The number of benzene rings is 1. The van der Waals surface area contributed by atoms with E-state index < -0.39 is 5.91 Å². The summed E-state index contributed by atoms with van der Waals surface area (Å²) < 4.78 is 2.50. The highest BCUT2D eigenvalue weighted by molar-refractivity contribution is 9.10. The van der Waals surface area contributed by atoms with Gasteiger partial charge in [0, 0.05) is 10.2 Å². The van der Waals surface area contributed by atoms with E-state index in [4.69, 9.17) is 5.73 Å². The molecule has 2 N–H and O–H groups in total. The molecule has 2 aromatic rings. The lowest BCUT2D eigenvalue weighted by atomic mass is 10.2. The standard InChI is InChI=1S/C12H12BrN3O/c1-7-5-8(2)16(15-7)9-3-4-10(12(14)17)11(13)6-9/h3-6H,1-2H3,(H2,14,17). The van der Waals surface area contributed by atoms with Crippen molar-refractivity contribution in [2.24, 2.45) is 5.73 Å². The second-order valence-electron chi connectivity index (χ2n) is 3.87. The zero-order valence-corrected chi connectivity index (χ0v) is 11.2. The first-order valence-electron chi connectivity index (χ1n) is 5.12. The highest BCUT2D eigenvalue weighted by atomic mass is 79.9. The lowest BCUT2D eigenvalue weighted by Crippen LogP contribution is -2.12. The fourth-order valence-electron chi connectivity index (χ4n) is 1.73. The monoisotopic (exact) mass is 293 g/mol. The number of amides is 1. The molecule has 1 aromatic carbocycles. The highest BCUT2D eigenvalue weighted by Crippen LogP contribution is 2.21. The third kappa shape index (κ3) is 2.24. The second-order valence-corrected chi connectivity index (χ2v) is 4.72. The molecule has 0 aliphatic carbocycles. The van der Waals surface area contributed by atoms with Crippen molar-refractivity contribution in [2.45, 2.75) is 13.8 Å². The smallest absolute Gasteiger partial charge is 0.249 e. The van der Waals surface area contributed by atoms with Crippen LogP contribution >= 0.6 is 15.9 Å². The first kappa shape index (κ1) is 11.9. The normalized spacial score (nSPS) is 10.5. The fourth-order valence-corrected chi connectivity index (χ4v) is 2.29. The number of halogens is 1. The maximum atomic E-state index is 11.1. The molecule has 1 aromatic heterocycles. The van der Waals surface area contributed by atoms with Gasteiger partial charge in [-0.25, -0.2) is 4.68 Å². The number of nitrogens with zero attached hydrogens (tertiary/aromatic N) is 2. The summed E-state index contributed by atoms with van der Waals surface area (Å²) in [5.41, 5.74) is 8.61. The van der Waals surface area contributed by atoms with E-state index in [2.05, 4.69) is 21.0 Å². The molecule has 0 aliphatic heterocycles. The average Bonchev–Trinajstić information content (AvgIpc) is 2.57. The van der Waals surface area contributed by atoms with Gasteiger partial charge in [0.1, 0.15) is 0 Å². The summed E-state index contributed by atoms with van der Waals surface area (Å²) in [6.45, 7) is 3.92. The van der Waals surface area contributed by atoms with E-state index in [0.29, 0.717) is 10.0 Å². The molecule has 0 aliphatic rings. The number of nitrogens with two attached hydrogens (primary N) is 1. The first-order chi connectivity index (χ1) is 7.99. The van der Waals surface area contributed by atoms with Gasteiger partial charge in [0.25, 0.3) is 0 Å². The molecular formula is C12H12BrN3O. The number of primary amides is 1. The summed E-state index contributed by atoms with van der Waals surface area (Å²) >= 11 is 3.33.